The number of anilines is 1. The van der Waals surface area contributed by atoms with Crippen LogP contribution in [0.25, 0.3) is 11.2 Å². The van der Waals surface area contributed by atoms with Crippen LogP contribution in [0.4, 0.5) is 5.82 Å². The number of hydrogen-bond acceptors (Lipinski definition) is 5. The number of pyridine rings is 1. The molecule has 1 saturated heterocycles. The van der Waals surface area contributed by atoms with Crippen molar-refractivity contribution in [2.75, 3.05) is 11.4 Å². The lowest BCUT2D eigenvalue weighted by atomic mass is 9.91. The van der Waals surface area contributed by atoms with Gasteiger partial charge in [-0.3, -0.25) is 4.98 Å². The zero-order valence-corrected chi connectivity index (χ0v) is 12.5. The van der Waals surface area contributed by atoms with Gasteiger partial charge in [-0.15, -0.1) is 0 Å². The van der Waals surface area contributed by atoms with Gasteiger partial charge in [0.15, 0.2) is 5.65 Å². The first-order valence-corrected chi connectivity index (χ1v) is 7.69. The van der Waals surface area contributed by atoms with Crippen LogP contribution in [0.15, 0.2) is 47.3 Å². The third-order valence-corrected chi connectivity index (χ3v) is 4.35. The van der Waals surface area contributed by atoms with Crippen molar-refractivity contribution in [1.82, 2.24) is 15.0 Å². The lowest BCUT2D eigenvalue weighted by molar-refractivity contribution is 0.327. The molecular weight excluding hydrogens is 276 g/mol. The average molecular weight is 294 g/mol. The largest absolute Gasteiger partial charge is 0.467 e. The van der Waals surface area contributed by atoms with Gasteiger partial charge >= 0.3 is 0 Å². The Labute approximate surface area is 129 Å². The highest BCUT2D eigenvalue weighted by molar-refractivity contribution is 5.71. The number of nitrogens with zero attached hydrogens (tertiary/aromatic N) is 4. The van der Waals surface area contributed by atoms with Crippen molar-refractivity contribution >= 4 is 17.0 Å². The van der Waals surface area contributed by atoms with Crippen LogP contribution in [-0.2, 0) is 0 Å². The summed E-state index contributed by atoms with van der Waals surface area (Å²) in [6.45, 7) is 3.28. The van der Waals surface area contributed by atoms with Gasteiger partial charge in [0.05, 0.1) is 12.3 Å². The Morgan fingerprint density at radius 1 is 1.18 bits per heavy atom. The van der Waals surface area contributed by atoms with E-state index in [4.69, 9.17) is 9.40 Å². The maximum absolute atomic E-state index is 5.66. The Bertz CT molecular complexity index is 771. The molecule has 3 aromatic heterocycles. The van der Waals surface area contributed by atoms with Crippen molar-refractivity contribution in [3.63, 3.8) is 0 Å². The Morgan fingerprint density at radius 2 is 2.09 bits per heavy atom. The molecule has 0 N–H and O–H groups in total. The summed E-state index contributed by atoms with van der Waals surface area (Å²) >= 11 is 0. The standard InChI is InChI=1S/C17H18N4O/c1-12-6-9-21(14(11-12)15-3-2-10-22-15)16-5-4-13-17(20-16)19-8-7-18-13/h2-5,7-8,10,12,14H,6,9,11H2,1H3. The summed E-state index contributed by atoms with van der Waals surface area (Å²) in [5.41, 5.74) is 1.52. The van der Waals surface area contributed by atoms with E-state index in [2.05, 4.69) is 27.9 Å². The molecule has 0 saturated carbocycles. The Hall–Kier alpha value is -2.43. The summed E-state index contributed by atoms with van der Waals surface area (Å²) < 4.78 is 5.66. The van der Waals surface area contributed by atoms with Crippen molar-refractivity contribution in [1.29, 1.82) is 0 Å². The van der Waals surface area contributed by atoms with Gasteiger partial charge in [0.25, 0.3) is 0 Å². The van der Waals surface area contributed by atoms with Crippen molar-refractivity contribution in [2.24, 2.45) is 5.92 Å². The summed E-state index contributed by atoms with van der Waals surface area (Å²) in [6.07, 6.45) is 7.36. The van der Waals surface area contributed by atoms with Gasteiger partial charge in [0.2, 0.25) is 0 Å². The molecule has 4 heterocycles. The van der Waals surface area contributed by atoms with E-state index in [0.29, 0.717) is 11.6 Å². The predicted octanol–water partition coefficient (Wildman–Crippen LogP) is 3.60. The summed E-state index contributed by atoms with van der Waals surface area (Å²) in [5.74, 6) is 2.64. The third-order valence-electron chi connectivity index (χ3n) is 4.35. The van der Waals surface area contributed by atoms with E-state index >= 15 is 0 Å². The minimum atomic E-state index is 0.236. The molecule has 5 nitrogen and oxygen atoms in total. The Balaban J connectivity index is 1.74. The number of hydrogen-bond donors (Lipinski definition) is 0. The molecule has 0 bridgehead atoms. The number of aromatic nitrogens is 3. The van der Waals surface area contributed by atoms with Crippen LogP contribution in [0.5, 0.6) is 0 Å². The number of rotatable bonds is 2. The second-order valence-corrected chi connectivity index (χ2v) is 5.92. The minimum Gasteiger partial charge on any atom is -0.467 e. The molecule has 1 fully saturated rings. The monoisotopic (exact) mass is 294 g/mol. The second-order valence-electron chi connectivity index (χ2n) is 5.92. The third kappa shape index (κ3) is 2.32. The number of piperidine rings is 1. The van der Waals surface area contributed by atoms with Gasteiger partial charge in [-0.05, 0) is 43.0 Å². The first kappa shape index (κ1) is 13.2. The Morgan fingerprint density at radius 3 is 2.95 bits per heavy atom. The molecule has 3 aromatic rings. The van der Waals surface area contributed by atoms with E-state index < -0.39 is 0 Å². The van der Waals surface area contributed by atoms with E-state index in [1.165, 1.54) is 0 Å². The first-order valence-electron chi connectivity index (χ1n) is 7.69. The Kier molecular flexibility index (Phi) is 3.25. The molecule has 2 atom stereocenters. The van der Waals surface area contributed by atoms with E-state index in [9.17, 15) is 0 Å². The molecule has 0 aliphatic carbocycles. The van der Waals surface area contributed by atoms with Gasteiger partial charge in [-0.2, -0.15) is 0 Å². The highest BCUT2D eigenvalue weighted by Gasteiger charge is 2.30. The van der Waals surface area contributed by atoms with E-state index in [1.54, 1.807) is 18.7 Å². The molecule has 1 aliphatic heterocycles. The van der Waals surface area contributed by atoms with E-state index in [1.807, 2.05) is 18.2 Å². The average Bonchev–Trinajstić information content (AvgIpc) is 3.09. The molecule has 0 spiro atoms. The molecule has 0 amide bonds. The SMILES string of the molecule is CC1CCN(c2ccc3nccnc3n2)C(c2ccco2)C1. The van der Waals surface area contributed by atoms with Gasteiger partial charge in [-0.25, -0.2) is 9.97 Å². The topological polar surface area (TPSA) is 55.1 Å². The van der Waals surface area contributed by atoms with Crippen LogP contribution in [0.3, 0.4) is 0 Å². The van der Waals surface area contributed by atoms with Crippen LogP contribution in [-0.4, -0.2) is 21.5 Å². The molecule has 0 aromatic carbocycles. The van der Waals surface area contributed by atoms with Crippen molar-refractivity contribution in [2.45, 2.75) is 25.8 Å². The summed E-state index contributed by atoms with van der Waals surface area (Å²) in [6, 6.07) is 8.26. The normalized spacial score (nSPS) is 22.1. The van der Waals surface area contributed by atoms with Gasteiger partial charge in [0.1, 0.15) is 17.1 Å². The summed E-state index contributed by atoms with van der Waals surface area (Å²) in [5, 5.41) is 0. The highest BCUT2D eigenvalue weighted by atomic mass is 16.3. The molecule has 112 valence electrons. The summed E-state index contributed by atoms with van der Waals surface area (Å²) in [7, 11) is 0. The fraction of sp³-hybridized carbons (Fsp3) is 0.353. The molecular formula is C17H18N4O. The van der Waals surface area contributed by atoms with Crippen LogP contribution >= 0.6 is 0 Å². The van der Waals surface area contributed by atoms with Gasteiger partial charge < -0.3 is 9.32 Å². The first-order chi connectivity index (χ1) is 10.8. The van der Waals surface area contributed by atoms with Crippen LogP contribution < -0.4 is 4.90 Å². The lowest BCUT2D eigenvalue weighted by Gasteiger charge is -2.38. The van der Waals surface area contributed by atoms with Crippen molar-refractivity contribution in [3.05, 3.63) is 48.7 Å². The van der Waals surface area contributed by atoms with E-state index in [-0.39, 0.29) is 6.04 Å². The predicted molar refractivity (Wildman–Crippen MR) is 84.5 cm³/mol. The van der Waals surface area contributed by atoms with Gasteiger partial charge in [-0.1, -0.05) is 6.92 Å². The molecule has 1 aliphatic rings. The lowest BCUT2D eigenvalue weighted by Crippen LogP contribution is -2.36. The molecule has 5 heteroatoms. The second kappa shape index (κ2) is 5.40. The van der Waals surface area contributed by atoms with Gasteiger partial charge in [0, 0.05) is 18.9 Å². The van der Waals surface area contributed by atoms with Crippen LogP contribution in [0.2, 0.25) is 0 Å². The number of furan rings is 1. The molecule has 4 rings (SSSR count). The smallest absolute Gasteiger partial charge is 0.180 e. The van der Waals surface area contributed by atoms with Crippen molar-refractivity contribution < 1.29 is 4.42 Å². The minimum absolute atomic E-state index is 0.236. The summed E-state index contributed by atoms with van der Waals surface area (Å²) in [4.78, 5) is 15.6. The van der Waals surface area contributed by atoms with Crippen LogP contribution in [0.1, 0.15) is 31.6 Å². The molecule has 2 unspecified atom stereocenters. The van der Waals surface area contributed by atoms with Crippen LogP contribution in [0, 0.1) is 5.92 Å². The molecule has 22 heavy (non-hydrogen) atoms. The fourth-order valence-electron chi connectivity index (χ4n) is 3.17. The maximum atomic E-state index is 5.66. The number of fused-ring (bicyclic) bond motifs is 1. The fourth-order valence-corrected chi connectivity index (χ4v) is 3.17. The van der Waals surface area contributed by atoms with E-state index in [0.717, 1.165) is 36.5 Å². The molecule has 0 radical (unpaired) electrons. The van der Waals surface area contributed by atoms with Crippen molar-refractivity contribution in [3.8, 4) is 0 Å². The maximum Gasteiger partial charge on any atom is 0.180 e. The zero-order valence-electron chi connectivity index (χ0n) is 12.5. The quantitative estimate of drug-likeness (QED) is 0.723. The zero-order chi connectivity index (χ0) is 14.9. The highest BCUT2D eigenvalue weighted by Crippen LogP contribution is 2.37.